The highest BCUT2D eigenvalue weighted by molar-refractivity contribution is 5.35. The van der Waals surface area contributed by atoms with Gasteiger partial charge >= 0.3 is 0 Å². The summed E-state index contributed by atoms with van der Waals surface area (Å²) in [7, 11) is 0. The normalized spacial score (nSPS) is 26.8. The van der Waals surface area contributed by atoms with Gasteiger partial charge in [0.2, 0.25) is 0 Å². The van der Waals surface area contributed by atoms with Crippen LogP contribution in [0, 0.1) is 40.7 Å². The predicted octanol–water partition coefficient (Wildman–Crippen LogP) is 7.12. The quantitative estimate of drug-likeness (QED) is 0.402. The number of allylic oxidation sites excluding steroid dienone is 1. The highest BCUT2D eigenvalue weighted by Gasteiger charge is 2.25. The van der Waals surface area contributed by atoms with Gasteiger partial charge in [-0.1, -0.05) is 18.9 Å². The van der Waals surface area contributed by atoms with Crippen molar-refractivity contribution in [2.24, 2.45) is 17.8 Å². The Kier molecular flexibility index (Phi) is 8.88. The van der Waals surface area contributed by atoms with Gasteiger partial charge in [-0.25, -0.2) is 8.78 Å². The SMILES string of the molecule is C=CCCC1CCC(OCC2CCC(CCc3cc(F)c(C#N)c(F)c3)CC2)CC1. The molecular formula is C26H35F2NO. The monoisotopic (exact) mass is 415 g/mol. The van der Waals surface area contributed by atoms with E-state index >= 15 is 0 Å². The molecule has 1 aromatic rings. The summed E-state index contributed by atoms with van der Waals surface area (Å²) in [5.74, 6) is 0.635. The van der Waals surface area contributed by atoms with Crippen LogP contribution in [0.3, 0.4) is 0 Å². The number of aryl methyl sites for hydroxylation is 1. The van der Waals surface area contributed by atoms with Gasteiger partial charge in [-0.3, -0.25) is 0 Å². The summed E-state index contributed by atoms with van der Waals surface area (Å²) < 4.78 is 33.8. The molecule has 0 N–H and O–H groups in total. The van der Waals surface area contributed by atoms with Crippen LogP contribution in [0.4, 0.5) is 8.78 Å². The standard InChI is InChI=1S/C26H35F2NO/c1-2-3-4-19-11-13-23(14-12-19)30-18-21-8-5-20(6-9-21)7-10-22-15-25(27)24(17-29)26(28)16-22/h2,15-16,19-21,23H,1,3-14,18H2. The zero-order chi connectivity index (χ0) is 21.3. The maximum Gasteiger partial charge on any atom is 0.144 e. The van der Waals surface area contributed by atoms with Crippen LogP contribution >= 0.6 is 0 Å². The number of hydrogen-bond acceptors (Lipinski definition) is 2. The number of benzene rings is 1. The Bertz CT molecular complexity index is 702. The van der Waals surface area contributed by atoms with Gasteiger partial charge in [-0.2, -0.15) is 5.26 Å². The number of halogens is 2. The molecular weight excluding hydrogens is 380 g/mol. The second-order valence-corrected chi connectivity index (χ2v) is 9.31. The van der Waals surface area contributed by atoms with E-state index in [9.17, 15) is 8.78 Å². The molecule has 2 saturated carbocycles. The maximum atomic E-state index is 13.8. The molecule has 30 heavy (non-hydrogen) atoms. The minimum absolute atomic E-state index is 0.448. The third-order valence-corrected chi connectivity index (χ3v) is 7.16. The van der Waals surface area contributed by atoms with E-state index in [4.69, 9.17) is 10.00 Å². The summed E-state index contributed by atoms with van der Waals surface area (Å²) >= 11 is 0. The molecule has 0 radical (unpaired) electrons. The third-order valence-electron chi connectivity index (χ3n) is 7.16. The number of ether oxygens (including phenoxy) is 1. The van der Waals surface area contributed by atoms with Gasteiger partial charge in [0.25, 0.3) is 0 Å². The van der Waals surface area contributed by atoms with Crippen molar-refractivity contribution in [2.45, 2.75) is 83.2 Å². The molecule has 3 rings (SSSR count). The molecule has 0 atom stereocenters. The Balaban J connectivity index is 1.32. The molecule has 0 spiro atoms. The fourth-order valence-electron chi connectivity index (χ4n) is 5.15. The molecule has 0 unspecified atom stereocenters. The summed E-state index contributed by atoms with van der Waals surface area (Å²) in [6.45, 7) is 4.71. The van der Waals surface area contributed by atoms with Crippen LogP contribution in [-0.4, -0.2) is 12.7 Å². The molecule has 0 aliphatic heterocycles. The van der Waals surface area contributed by atoms with Crippen molar-refractivity contribution in [3.63, 3.8) is 0 Å². The van der Waals surface area contributed by atoms with Crippen molar-refractivity contribution in [1.29, 1.82) is 5.26 Å². The van der Waals surface area contributed by atoms with Crippen molar-refractivity contribution in [1.82, 2.24) is 0 Å². The van der Waals surface area contributed by atoms with Gasteiger partial charge in [-0.05, 0) is 99.7 Å². The van der Waals surface area contributed by atoms with E-state index in [1.807, 2.05) is 6.08 Å². The summed E-state index contributed by atoms with van der Waals surface area (Å²) in [4.78, 5) is 0. The number of hydrogen-bond donors (Lipinski definition) is 0. The second-order valence-electron chi connectivity index (χ2n) is 9.31. The largest absolute Gasteiger partial charge is 0.378 e. The van der Waals surface area contributed by atoms with Crippen molar-refractivity contribution in [3.05, 3.63) is 47.5 Å². The first kappa shape index (κ1) is 22.9. The Morgan fingerprint density at radius 3 is 2.10 bits per heavy atom. The Hall–Kier alpha value is -1.73. The minimum atomic E-state index is -0.747. The molecule has 2 aliphatic rings. The van der Waals surface area contributed by atoms with Gasteiger partial charge in [0, 0.05) is 6.61 Å². The lowest BCUT2D eigenvalue weighted by molar-refractivity contribution is -0.0101. The highest BCUT2D eigenvalue weighted by Crippen LogP contribution is 2.34. The van der Waals surface area contributed by atoms with E-state index in [1.54, 1.807) is 6.07 Å². The lowest BCUT2D eigenvalue weighted by Crippen LogP contribution is -2.26. The van der Waals surface area contributed by atoms with Gasteiger partial charge in [0.15, 0.2) is 0 Å². The fraction of sp³-hybridized carbons (Fsp3) is 0.654. The molecule has 1 aromatic carbocycles. The van der Waals surface area contributed by atoms with Crippen LogP contribution in [0.15, 0.2) is 24.8 Å². The number of rotatable bonds is 9. The Labute approximate surface area is 180 Å². The fourth-order valence-corrected chi connectivity index (χ4v) is 5.15. The average Bonchev–Trinajstić information content (AvgIpc) is 2.76. The Morgan fingerprint density at radius 2 is 1.50 bits per heavy atom. The molecule has 2 nitrogen and oxygen atoms in total. The second kappa shape index (κ2) is 11.6. The maximum absolute atomic E-state index is 13.8. The van der Waals surface area contributed by atoms with E-state index in [-0.39, 0.29) is 0 Å². The number of nitrogens with zero attached hydrogens (tertiary/aromatic N) is 1. The lowest BCUT2D eigenvalue weighted by Gasteiger charge is -2.32. The molecule has 0 aromatic heterocycles. The van der Waals surface area contributed by atoms with E-state index in [1.165, 1.54) is 69.9 Å². The molecule has 2 fully saturated rings. The molecule has 0 bridgehead atoms. The first-order valence-corrected chi connectivity index (χ1v) is 11.7. The topological polar surface area (TPSA) is 33.0 Å². The highest BCUT2D eigenvalue weighted by atomic mass is 19.1. The zero-order valence-electron chi connectivity index (χ0n) is 18.1. The summed E-state index contributed by atoms with van der Waals surface area (Å²) in [5.41, 5.74) is 0.169. The van der Waals surface area contributed by atoms with E-state index in [2.05, 4.69) is 6.58 Å². The number of nitriles is 1. The summed E-state index contributed by atoms with van der Waals surface area (Å²) in [6.07, 6.45) is 16.2. The van der Waals surface area contributed by atoms with Crippen molar-refractivity contribution in [2.75, 3.05) is 6.61 Å². The van der Waals surface area contributed by atoms with Crippen molar-refractivity contribution < 1.29 is 13.5 Å². The lowest BCUT2D eigenvalue weighted by atomic mass is 9.79. The summed E-state index contributed by atoms with van der Waals surface area (Å²) in [6, 6.07) is 4.21. The molecule has 0 heterocycles. The van der Waals surface area contributed by atoms with Crippen LogP contribution in [0.25, 0.3) is 0 Å². The predicted molar refractivity (Wildman–Crippen MR) is 116 cm³/mol. The summed E-state index contributed by atoms with van der Waals surface area (Å²) in [5, 5.41) is 8.77. The molecule has 4 heteroatoms. The average molecular weight is 416 g/mol. The third kappa shape index (κ3) is 6.64. The molecule has 2 aliphatic carbocycles. The molecule has 164 valence electrons. The van der Waals surface area contributed by atoms with Gasteiger partial charge in [0.05, 0.1) is 6.10 Å². The molecule has 0 amide bonds. The van der Waals surface area contributed by atoms with Crippen molar-refractivity contribution in [3.8, 4) is 6.07 Å². The smallest absolute Gasteiger partial charge is 0.144 e. The van der Waals surface area contributed by atoms with Crippen LogP contribution in [0.2, 0.25) is 0 Å². The van der Waals surface area contributed by atoms with Crippen LogP contribution in [-0.2, 0) is 11.2 Å². The Morgan fingerprint density at radius 1 is 0.933 bits per heavy atom. The van der Waals surface area contributed by atoms with Gasteiger partial charge in [-0.15, -0.1) is 6.58 Å². The van der Waals surface area contributed by atoms with Crippen molar-refractivity contribution >= 4 is 0 Å². The van der Waals surface area contributed by atoms with Crippen LogP contribution in [0.1, 0.15) is 81.8 Å². The zero-order valence-corrected chi connectivity index (χ0v) is 18.1. The first-order chi connectivity index (χ1) is 14.6. The molecule has 0 saturated heterocycles. The van der Waals surface area contributed by atoms with Crippen LogP contribution < -0.4 is 0 Å². The van der Waals surface area contributed by atoms with Crippen LogP contribution in [0.5, 0.6) is 0 Å². The minimum Gasteiger partial charge on any atom is -0.378 e. The van der Waals surface area contributed by atoms with E-state index < -0.39 is 17.2 Å². The van der Waals surface area contributed by atoms with Gasteiger partial charge < -0.3 is 4.74 Å². The van der Waals surface area contributed by atoms with Gasteiger partial charge in [0.1, 0.15) is 23.3 Å². The van der Waals surface area contributed by atoms with E-state index in [0.29, 0.717) is 29.9 Å². The first-order valence-electron chi connectivity index (χ1n) is 11.7. The van der Waals surface area contributed by atoms with E-state index in [0.717, 1.165) is 25.4 Å².